The van der Waals surface area contributed by atoms with Gasteiger partial charge in [-0.05, 0) is 50.7 Å². The second kappa shape index (κ2) is 4.97. The summed E-state index contributed by atoms with van der Waals surface area (Å²) in [4.78, 5) is 0.246. The van der Waals surface area contributed by atoms with E-state index in [1.165, 1.54) is 0 Å². The van der Waals surface area contributed by atoms with Crippen LogP contribution in [0.15, 0.2) is 17.0 Å². The van der Waals surface area contributed by atoms with Gasteiger partial charge in [-0.15, -0.1) is 0 Å². The van der Waals surface area contributed by atoms with Crippen LogP contribution in [0, 0.1) is 13.8 Å². The minimum Gasteiger partial charge on any atom is -0.397 e. The van der Waals surface area contributed by atoms with Gasteiger partial charge in [-0.3, -0.25) is 0 Å². The van der Waals surface area contributed by atoms with E-state index in [4.69, 9.17) is 5.73 Å². The molecule has 2 aliphatic heterocycles. The lowest BCUT2D eigenvalue weighted by Gasteiger charge is -2.36. The molecule has 5 nitrogen and oxygen atoms in total. The number of benzene rings is 1. The van der Waals surface area contributed by atoms with Gasteiger partial charge >= 0.3 is 0 Å². The van der Waals surface area contributed by atoms with Crippen molar-refractivity contribution in [1.82, 2.24) is 4.31 Å². The fraction of sp³-hybridized carbons (Fsp3) is 0.600. The summed E-state index contributed by atoms with van der Waals surface area (Å²) in [5.74, 6) is 0. The fourth-order valence-corrected chi connectivity index (χ4v) is 6.05. The van der Waals surface area contributed by atoms with E-state index in [1.54, 1.807) is 17.3 Å². The highest BCUT2D eigenvalue weighted by Crippen LogP contribution is 2.41. The molecular formula is C15H22N2O3S. The Morgan fingerprint density at radius 3 is 2.24 bits per heavy atom. The summed E-state index contributed by atoms with van der Waals surface area (Å²) in [5, 5.41) is 9.85. The Morgan fingerprint density at radius 1 is 1.14 bits per heavy atom. The zero-order valence-corrected chi connectivity index (χ0v) is 13.2. The molecule has 2 unspecified atom stereocenters. The Bertz CT molecular complexity index is 658. The van der Waals surface area contributed by atoms with Gasteiger partial charge in [0, 0.05) is 12.1 Å². The van der Waals surface area contributed by atoms with E-state index in [2.05, 4.69) is 0 Å². The highest BCUT2D eigenvalue weighted by Gasteiger charge is 2.47. The van der Waals surface area contributed by atoms with E-state index in [9.17, 15) is 13.5 Å². The second-order valence-electron chi connectivity index (χ2n) is 6.29. The molecule has 21 heavy (non-hydrogen) atoms. The lowest BCUT2D eigenvalue weighted by atomic mass is 10.0. The molecule has 0 radical (unpaired) electrons. The molecule has 2 heterocycles. The highest BCUT2D eigenvalue weighted by atomic mass is 32.2. The van der Waals surface area contributed by atoms with Gasteiger partial charge in [-0.25, -0.2) is 8.42 Å². The molecular weight excluding hydrogens is 288 g/mol. The highest BCUT2D eigenvalue weighted by molar-refractivity contribution is 7.89. The Morgan fingerprint density at radius 2 is 1.67 bits per heavy atom. The number of rotatable bonds is 2. The lowest BCUT2D eigenvalue weighted by molar-refractivity contribution is 0.0769. The van der Waals surface area contributed by atoms with Crippen LogP contribution in [0.3, 0.4) is 0 Å². The zero-order chi connectivity index (χ0) is 15.4. The SMILES string of the molecule is Cc1ccc(C)c(S(=O)(=O)N2C3CCC2CC(O)C3)c1N. The van der Waals surface area contributed by atoms with Gasteiger partial charge in [-0.1, -0.05) is 12.1 Å². The van der Waals surface area contributed by atoms with Crippen molar-refractivity contribution in [2.24, 2.45) is 0 Å². The Hall–Kier alpha value is -1.11. The third-order valence-electron chi connectivity index (χ3n) is 4.79. The maximum absolute atomic E-state index is 13.1. The van der Waals surface area contributed by atoms with Gasteiger partial charge in [0.2, 0.25) is 10.0 Å². The smallest absolute Gasteiger partial charge is 0.245 e. The molecule has 0 aliphatic carbocycles. The standard InChI is InChI=1S/C15H22N2O3S/c1-9-3-4-10(2)15(14(9)16)21(19,20)17-11-5-6-12(17)8-13(18)7-11/h3-4,11-13,18H,5-8,16H2,1-2H3. The first kappa shape index (κ1) is 14.8. The number of sulfonamides is 1. The zero-order valence-electron chi connectivity index (χ0n) is 12.4. The van der Waals surface area contributed by atoms with E-state index in [-0.39, 0.29) is 23.1 Å². The number of aryl methyl sites for hydroxylation is 2. The van der Waals surface area contributed by atoms with E-state index in [0.717, 1.165) is 18.4 Å². The predicted octanol–water partition coefficient (Wildman–Crippen LogP) is 1.56. The fourth-order valence-electron chi connectivity index (χ4n) is 3.75. The predicted molar refractivity (Wildman–Crippen MR) is 81.4 cm³/mol. The summed E-state index contributed by atoms with van der Waals surface area (Å²) in [7, 11) is -3.61. The van der Waals surface area contributed by atoms with Gasteiger partial charge in [0.05, 0.1) is 11.8 Å². The van der Waals surface area contributed by atoms with E-state index in [0.29, 0.717) is 24.1 Å². The lowest BCUT2D eigenvalue weighted by Crippen LogP contribution is -2.48. The molecule has 3 N–H and O–H groups in total. The number of aliphatic hydroxyl groups excluding tert-OH is 1. The molecule has 1 aromatic carbocycles. The number of nitrogen functional groups attached to an aromatic ring is 1. The van der Waals surface area contributed by atoms with Gasteiger partial charge in [0.25, 0.3) is 0 Å². The van der Waals surface area contributed by atoms with Crippen molar-refractivity contribution >= 4 is 15.7 Å². The topological polar surface area (TPSA) is 83.6 Å². The largest absolute Gasteiger partial charge is 0.397 e. The minimum absolute atomic E-state index is 0.0944. The van der Waals surface area contributed by atoms with Crippen molar-refractivity contribution in [3.8, 4) is 0 Å². The summed E-state index contributed by atoms with van der Waals surface area (Å²) in [5.41, 5.74) is 7.87. The first-order valence-electron chi connectivity index (χ1n) is 7.39. The Kier molecular flexibility index (Phi) is 3.50. The maximum atomic E-state index is 13.1. The number of piperidine rings is 1. The van der Waals surface area contributed by atoms with Crippen LogP contribution >= 0.6 is 0 Å². The molecule has 1 aromatic rings. The molecule has 2 bridgehead atoms. The average Bonchev–Trinajstić information content (AvgIpc) is 2.68. The van der Waals surface area contributed by atoms with E-state index >= 15 is 0 Å². The van der Waals surface area contributed by atoms with Crippen LogP contribution in [-0.4, -0.2) is 36.0 Å². The number of fused-ring (bicyclic) bond motifs is 2. The molecule has 6 heteroatoms. The number of nitrogens with two attached hydrogens (primary N) is 1. The van der Waals surface area contributed by atoms with Crippen molar-refractivity contribution in [1.29, 1.82) is 0 Å². The van der Waals surface area contributed by atoms with E-state index < -0.39 is 10.0 Å². The maximum Gasteiger partial charge on any atom is 0.245 e. The number of hydrogen-bond acceptors (Lipinski definition) is 4. The monoisotopic (exact) mass is 310 g/mol. The first-order valence-corrected chi connectivity index (χ1v) is 8.83. The van der Waals surface area contributed by atoms with E-state index in [1.807, 2.05) is 13.0 Å². The summed E-state index contributed by atoms with van der Waals surface area (Å²) in [6.45, 7) is 3.60. The van der Waals surface area contributed by atoms with Crippen LogP contribution in [0.25, 0.3) is 0 Å². The molecule has 2 aliphatic rings. The summed E-state index contributed by atoms with van der Waals surface area (Å²) >= 11 is 0. The third kappa shape index (κ3) is 2.25. The molecule has 0 aromatic heterocycles. The van der Waals surface area contributed by atoms with Crippen molar-refractivity contribution in [2.45, 2.75) is 62.6 Å². The van der Waals surface area contributed by atoms with Crippen molar-refractivity contribution < 1.29 is 13.5 Å². The van der Waals surface area contributed by atoms with Crippen molar-refractivity contribution in [3.05, 3.63) is 23.3 Å². The molecule has 3 rings (SSSR count). The van der Waals surface area contributed by atoms with Gasteiger partial charge < -0.3 is 10.8 Å². The summed E-state index contributed by atoms with van der Waals surface area (Å²) in [6, 6.07) is 3.46. The number of hydrogen-bond donors (Lipinski definition) is 2. The molecule has 0 amide bonds. The quantitative estimate of drug-likeness (QED) is 0.812. The van der Waals surface area contributed by atoms with Crippen LogP contribution in [0.1, 0.15) is 36.8 Å². The van der Waals surface area contributed by atoms with Crippen molar-refractivity contribution in [3.63, 3.8) is 0 Å². The molecule has 0 saturated carbocycles. The van der Waals surface area contributed by atoms with Crippen molar-refractivity contribution in [2.75, 3.05) is 5.73 Å². The number of aliphatic hydroxyl groups is 1. The normalized spacial score (nSPS) is 29.8. The minimum atomic E-state index is -3.61. The van der Waals surface area contributed by atoms with Crippen LogP contribution in [0.4, 0.5) is 5.69 Å². The molecule has 2 saturated heterocycles. The first-order chi connectivity index (χ1) is 9.82. The summed E-state index contributed by atoms with van der Waals surface area (Å²) in [6.07, 6.45) is 2.32. The summed E-state index contributed by atoms with van der Waals surface area (Å²) < 4.78 is 27.8. The second-order valence-corrected chi connectivity index (χ2v) is 8.07. The average molecular weight is 310 g/mol. The Labute approximate surface area is 125 Å². The van der Waals surface area contributed by atoms with Crippen LogP contribution in [0.5, 0.6) is 0 Å². The molecule has 2 atom stereocenters. The van der Waals surface area contributed by atoms with Gasteiger partial charge in [0.15, 0.2) is 0 Å². The van der Waals surface area contributed by atoms with Crippen LogP contribution in [0.2, 0.25) is 0 Å². The van der Waals surface area contributed by atoms with Crippen LogP contribution < -0.4 is 5.73 Å². The third-order valence-corrected chi connectivity index (χ3v) is 7.00. The van der Waals surface area contributed by atoms with Gasteiger partial charge in [-0.2, -0.15) is 4.31 Å². The van der Waals surface area contributed by atoms with Crippen LogP contribution in [-0.2, 0) is 10.0 Å². The Balaban J connectivity index is 2.09. The number of nitrogens with zero attached hydrogens (tertiary/aromatic N) is 1. The molecule has 2 fully saturated rings. The number of anilines is 1. The molecule has 0 spiro atoms. The molecule has 116 valence electrons. The van der Waals surface area contributed by atoms with Gasteiger partial charge in [0.1, 0.15) is 4.90 Å².